The van der Waals surface area contributed by atoms with Gasteiger partial charge in [-0.15, -0.1) is 0 Å². The zero-order chi connectivity index (χ0) is 17.0. The van der Waals surface area contributed by atoms with Crippen LogP contribution in [0.1, 0.15) is 66.2 Å². The summed E-state index contributed by atoms with van der Waals surface area (Å²) in [7, 11) is 0. The summed E-state index contributed by atoms with van der Waals surface area (Å²) in [6.45, 7) is 8.77. The van der Waals surface area contributed by atoms with Crippen LogP contribution in [-0.2, 0) is 9.53 Å². The lowest BCUT2D eigenvalue weighted by atomic mass is 9.84. The van der Waals surface area contributed by atoms with E-state index >= 15 is 0 Å². The van der Waals surface area contributed by atoms with E-state index in [2.05, 4.69) is 33.8 Å². The molecule has 0 saturated heterocycles. The van der Waals surface area contributed by atoms with E-state index < -0.39 is 6.10 Å². The van der Waals surface area contributed by atoms with Gasteiger partial charge in [-0.25, -0.2) is 4.79 Å². The van der Waals surface area contributed by atoms with Crippen molar-refractivity contribution in [3.63, 3.8) is 0 Å². The maximum atomic E-state index is 12.1. The van der Waals surface area contributed by atoms with Gasteiger partial charge in [0.05, 0.1) is 6.10 Å². The second-order valence-corrected chi connectivity index (χ2v) is 7.84. The summed E-state index contributed by atoms with van der Waals surface area (Å²) >= 11 is 0. The number of aliphatic hydroxyl groups is 1. The van der Waals surface area contributed by atoms with E-state index in [-0.39, 0.29) is 12.1 Å². The van der Waals surface area contributed by atoms with Crippen LogP contribution >= 0.6 is 0 Å². The first-order valence-corrected chi connectivity index (χ1v) is 9.12. The highest BCUT2D eigenvalue weighted by Crippen LogP contribution is 2.32. The molecule has 2 aliphatic rings. The fraction of sp³-hybridized carbons (Fsp3) is 0.750. The van der Waals surface area contributed by atoms with Crippen LogP contribution in [0.15, 0.2) is 23.3 Å². The van der Waals surface area contributed by atoms with Gasteiger partial charge >= 0.3 is 5.97 Å². The average molecular weight is 320 g/mol. The number of allylic oxidation sites excluding steroid dienone is 2. The van der Waals surface area contributed by atoms with Crippen LogP contribution in [-0.4, -0.2) is 23.3 Å². The summed E-state index contributed by atoms with van der Waals surface area (Å²) in [5.74, 6) is 1.05. The van der Waals surface area contributed by atoms with Gasteiger partial charge in [0, 0.05) is 17.9 Å². The lowest BCUT2D eigenvalue weighted by Crippen LogP contribution is -2.25. The molecule has 0 radical (unpaired) electrons. The Morgan fingerprint density at radius 1 is 1.30 bits per heavy atom. The van der Waals surface area contributed by atoms with E-state index in [1.54, 1.807) is 0 Å². The number of carbonyl (C=O) groups excluding carboxylic acids is 1. The van der Waals surface area contributed by atoms with Crippen LogP contribution in [0.2, 0.25) is 0 Å². The summed E-state index contributed by atoms with van der Waals surface area (Å²) in [4.78, 5) is 12.1. The van der Waals surface area contributed by atoms with Gasteiger partial charge in [-0.2, -0.15) is 0 Å². The van der Waals surface area contributed by atoms with Gasteiger partial charge in [0.15, 0.2) is 0 Å². The van der Waals surface area contributed by atoms with Gasteiger partial charge in [0.25, 0.3) is 0 Å². The Bertz CT molecular complexity index is 475. The van der Waals surface area contributed by atoms with Crippen LogP contribution < -0.4 is 0 Å². The minimum Gasteiger partial charge on any atom is -0.454 e. The molecule has 4 atom stereocenters. The van der Waals surface area contributed by atoms with E-state index in [0.29, 0.717) is 29.7 Å². The number of rotatable bonds is 1. The molecule has 1 aliphatic carbocycles. The molecule has 1 N–H and O–H groups in total. The monoisotopic (exact) mass is 320 g/mol. The topological polar surface area (TPSA) is 46.5 Å². The molecule has 0 unspecified atom stereocenters. The standard InChI is InChI=1S/C20H32O3/c1-13(2)18-9-8-14(3)6-5-7-15(4)10-17(21)11-16-12-19(18)23-20(16)22/h6,12-13,15,17-19,21H,5,7-11H2,1-4H3/b14-6+/t15-,17-,18-,19+/m0/s1. The lowest BCUT2D eigenvalue weighted by molar-refractivity contribution is -0.142. The molecule has 0 aromatic carbocycles. The molecule has 0 saturated carbocycles. The third-order valence-electron chi connectivity index (χ3n) is 5.30. The second kappa shape index (κ2) is 8.14. The quantitative estimate of drug-likeness (QED) is 0.575. The highest BCUT2D eigenvalue weighted by atomic mass is 16.5. The third-order valence-corrected chi connectivity index (χ3v) is 5.30. The first kappa shape index (κ1) is 18.3. The zero-order valence-electron chi connectivity index (χ0n) is 15.0. The van der Waals surface area contributed by atoms with Crippen LogP contribution in [0.4, 0.5) is 0 Å². The first-order chi connectivity index (χ1) is 10.9. The number of carbonyl (C=O) groups is 1. The maximum Gasteiger partial charge on any atom is 0.334 e. The predicted molar refractivity (Wildman–Crippen MR) is 92.9 cm³/mol. The smallest absolute Gasteiger partial charge is 0.334 e. The summed E-state index contributed by atoms with van der Waals surface area (Å²) < 4.78 is 5.62. The van der Waals surface area contributed by atoms with Crippen molar-refractivity contribution in [2.75, 3.05) is 0 Å². The van der Waals surface area contributed by atoms with Crippen molar-refractivity contribution in [1.82, 2.24) is 0 Å². The molecular weight excluding hydrogens is 288 g/mol. The summed E-state index contributed by atoms with van der Waals surface area (Å²) in [6, 6.07) is 0. The Kier molecular flexibility index (Phi) is 6.46. The van der Waals surface area contributed by atoms with Crippen molar-refractivity contribution in [3.05, 3.63) is 23.3 Å². The van der Waals surface area contributed by atoms with Crippen molar-refractivity contribution < 1.29 is 14.6 Å². The molecule has 0 fully saturated rings. The number of aliphatic hydroxyl groups excluding tert-OH is 1. The van der Waals surface area contributed by atoms with Crippen LogP contribution in [0.3, 0.4) is 0 Å². The van der Waals surface area contributed by atoms with E-state index in [0.717, 1.165) is 32.1 Å². The SMILES string of the molecule is C/C1=C\CC[C@H](C)C[C@H](O)CC2=C[C@@H](OC2=O)[C@H](C(C)C)CC1. The van der Waals surface area contributed by atoms with Crippen LogP contribution in [0.25, 0.3) is 0 Å². The Hall–Kier alpha value is -1.09. The molecule has 0 aromatic heterocycles. The molecule has 2 bridgehead atoms. The largest absolute Gasteiger partial charge is 0.454 e. The Balaban J connectivity index is 2.19. The normalized spacial score (nSPS) is 36.0. The highest BCUT2D eigenvalue weighted by molar-refractivity contribution is 5.91. The van der Waals surface area contributed by atoms with Crippen molar-refractivity contribution in [1.29, 1.82) is 0 Å². The highest BCUT2D eigenvalue weighted by Gasteiger charge is 2.34. The lowest BCUT2D eigenvalue weighted by Gasteiger charge is -2.25. The van der Waals surface area contributed by atoms with Gasteiger partial charge in [0.2, 0.25) is 0 Å². The molecule has 3 heteroatoms. The number of fused-ring (bicyclic) bond motifs is 1. The van der Waals surface area contributed by atoms with E-state index in [1.807, 2.05) is 6.08 Å². The second-order valence-electron chi connectivity index (χ2n) is 7.84. The summed E-state index contributed by atoms with van der Waals surface area (Å²) in [6.07, 6.45) is 9.19. The Morgan fingerprint density at radius 2 is 2.04 bits per heavy atom. The van der Waals surface area contributed by atoms with Gasteiger partial charge in [0.1, 0.15) is 6.10 Å². The average Bonchev–Trinajstić information content (AvgIpc) is 2.78. The van der Waals surface area contributed by atoms with Crippen molar-refractivity contribution >= 4 is 5.97 Å². The number of esters is 1. The number of hydrogen-bond donors (Lipinski definition) is 1. The van der Waals surface area contributed by atoms with Gasteiger partial charge in [-0.1, -0.05) is 32.4 Å². The van der Waals surface area contributed by atoms with Gasteiger partial charge in [-0.3, -0.25) is 0 Å². The molecular formula is C20H32O3. The molecule has 1 heterocycles. The molecule has 130 valence electrons. The fourth-order valence-electron chi connectivity index (χ4n) is 3.77. The Morgan fingerprint density at radius 3 is 2.74 bits per heavy atom. The summed E-state index contributed by atoms with van der Waals surface area (Å²) in [5, 5.41) is 10.3. The van der Waals surface area contributed by atoms with E-state index in [9.17, 15) is 9.90 Å². The molecule has 23 heavy (non-hydrogen) atoms. The maximum absolute atomic E-state index is 12.1. The minimum absolute atomic E-state index is 0.127. The van der Waals surface area contributed by atoms with Gasteiger partial charge < -0.3 is 9.84 Å². The number of ether oxygens (including phenoxy) is 1. The Labute approximate surface area is 140 Å². The van der Waals surface area contributed by atoms with Crippen LogP contribution in [0.5, 0.6) is 0 Å². The zero-order valence-corrected chi connectivity index (χ0v) is 15.0. The summed E-state index contributed by atoms with van der Waals surface area (Å²) in [5.41, 5.74) is 2.10. The third kappa shape index (κ3) is 5.20. The predicted octanol–water partition coefficient (Wildman–Crippen LogP) is 4.41. The molecule has 0 aromatic rings. The van der Waals surface area contributed by atoms with Crippen molar-refractivity contribution in [2.45, 2.75) is 78.4 Å². The van der Waals surface area contributed by atoms with Crippen molar-refractivity contribution in [3.8, 4) is 0 Å². The number of hydrogen-bond acceptors (Lipinski definition) is 3. The minimum atomic E-state index is -0.451. The first-order valence-electron chi connectivity index (χ1n) is 9.12. The molecule has 0 amide bonds. The van der Waals surface area contributed by atoms with Gasteiger partial charge in [-0.05, 0) is 56.9 Å². The fourth-order valence-corrected chi connectivity index (χ4v) is 3.77. The van der Waals surface area contributed by atoms with Crippen molar-refractivity contribution in [2.24, 2.45) is 17.8 Å². The molecule has 3 nitrogen and oxygen atoms in total. The molecule has 1 aliphatic heterocycles. The molecule has 0 spiro atoms. The van der Waals surface area contributed by atoms with Crippen LogP contribution in [0, 0.1) is 17.8 Å². The van der Waals surface area contributed by atoms with E-state index in [1.165, 1.54) is 5.57 Å². The van der Waals surface area contributed by atoms with E-state index in [4.69, 9.17) is 4.74 Å². The molecule has 2 rings (SSSR count).